The predicted octanol–water partition coefficient (Wildman–Crippen LogP) is 4.12. The van der Waals surface area contributed by atoms with Crippen molar-refractivity contribution in [3.63, 3.8) is 0 Å². The van der Waals surface area contributed by atoms with Gasteiger partial charge in [0.1, 0.15) is 11.5 Å². The average Bonchev–Trinajstić information content (AvgIpc) is 3.20. The van der Waals surface area contributed by atoms with Crippen molar-refractivity contribution in [1.29, 1.82) is 0 Å². The van der Waals surface area contributed by atoms with Crippen molar-refractivity contribution in [2.75, 3.05) is 53.6 Å². The zero-order chi connectivity index (χ0) is 23.9. The lowest BCUT2D eigenvalue weighted by molar-refractivity contribution is 0.0383. The number of ether oxygens (including phenoxy) is 3. The third-order valence-corrected chi connectivity index (χ3v) is 7.28. The highest BCUT2D eigenvalue weighted by atomic mass is 16.5. The smallest absolute Gasteiger partial charge is 0.253 e. The molecule has 1 aromatic carbocycles. The molecule has 0 radical (unpaired) electrons. The molecule has 0 unspecified atom stereocenters. The second-order valence-corrected chi connectivity index (χ2v) is 9.42. The summed E-state index contributed by atoms with van der Waals surface area (Å²) in [7, 11) is 3.36. The van der Waals surface area contributed by atoms with E-state index in [9.17, 15) is 4.79 Å². The Kier molecular flexibility index (Phi) is 8.51. The van der Waals surface area contributed by atoms with E-state index in [1.54, 1.807) is 14.2 Å². The van der Waals surface area contributed by atoms with E-state index < -0.39 is 0 Å². The summed E-state index contributed by atoms with van der Waals surface area (Å²) < 4.78 is 18.9. The number of hydrogen-bond acceptors (Lipinski definition) is 5. The van der Waals surface area contributed by atoms with Crippen molar-refractivity contribution in [3.05, 3.63) is 35.5 Å². The molecule has 2 aromatic rings. The number of nitrogens with zero attached hydrogens (tertiary/aromatic N) is 2. The molecule has 0 spiro atoms. The Labute approximate surface area is 203 Å². The summed E-state index contributed by atoms with van der Waals surface area (Å²) in [5.41, 5.74) is 3.71. The fourth-order valence-electron chi connectivity index (χ4n) is 5.22. The molecule has 0 atom stereocenters. The molecule has 0 bridgehead atoms. The highest BCUT2D eigenvalue weighted by molar-refractivity contribution is 5.97. The number of methoxy groups -OCH3 is 2. The van der Waals surface area contributed by atoms with E-state index in [1.807, 2.05) is 24.3 Å². The van der Waals surface area contributed by atoms with Gasteiger partial charge in [0, 0.05) is 44.0 Å². The molecule has 1 saturated carbocycles. The van der Waals surface area contributed by atoms with Gasteiger partial charge in [-0.25, -0.2) is 0 Å². The summed E-state index contributed by atoms with van der Waals surface area (Å²) in [6.45, 7) is 7.83. The number of nitrogens with one attached hydrogen (secondary N) is 1. The lowest BCUT2D eigenvalue weighted by Crippen LogP contribution is -2.41. The summed E-state index contributed by atoms with van der Waals surface area (Å²) >= 11 is 0. The number of rotatable bonds is 9. The van der Waals surface area contributed by atoms with Crippen LogP contribution in [0.5, 0.6) is 11.5 Å². The van der Waals surface area contributed by atoms with Crippen molar-refractivity contribution < 1.29 is 19.0 Å². The molecule has 4 rings (SSSR count). The van der Waals surface area contributed by atoms with E-state index in [4.69, 9.17) is 14.2 Å². The highest BCUT2D eigenvalue weighted by Gasteiger charge is 2.24. The van der Waals surface area contributed by atoms with E-state index >= 15 is 0 Å². The molecule has 7 heteroatoms. The maximum Gasteiger partial charge on any atom is 0.253 e. The van der Waals surface area contributed by atoms with E-state index in [-0.39, 0.29) is 5.91 Å². The summed E-state index contributed by atoms with van der Waals surface area (Å²) in [5.74, 6) is 2.17. The second kappa shape index (κ2) is 11.8. The van der Waals surface area contributed by atoms with Gasteiger partial charge >= 0.3 is 0 Å². The van der Waals surface area contributed by atoms with Gasteiger partial charge in [0.05, 0.1) is 38.7 Å². The maximum absolute atomic E-state index is 13.3. The molecule has 1 aromatic heterocycles. The molecule has 1 N–H and O–H groups in total. The van der Waals surface area contributed by atoms with E-state index in [0.29, 0.717) is 12.5 Å². The molecule has 2 fully saturated rings. The minimum atomic E-state index is -0.0173. The fourth-order valence-corrected chi connectivity index (χ4v) is 5.22. The maximum atomic E-state index is 13.3. The summed E-state index contributed by atoms with van der Waals surface area (Å²) in [6.07, 6.45) is 6.39. The third-order valence-electron chi connectivity index (χ3n) is 7.28. The Morgan fingerprint density at radius 3 is 2.56 bits per heavy atom. The predicted molar refractivity (Wildman–Crippen MR) is 134 cm³/mol. The van der Waals surface area contributed by atoms with Gasteiger partial charge in [-0.05, 0) is 49.9 Å². The molecule has 186 valence electrons. The van der Waals surface area contributed by atoms with Crippen LogP contribution < -0.4 is 14.8 Å². The Morgan fingerprint density at radius 2 is 1.85 bits per heavy atom. The van der Waals surface area contributed by atoms with Crippen molar-refractivity contribution in [2.24, 2.45) is 5.92 Å². The van der Waals surface area contributed by atoms with Crippen LogP contribution in [-0.4, -0.2) is 69.0 Å². The molecule has 34 heavy (non-hydrogen) atoms. The largest absolute Gasteiger partial charge is 0.497 e. The number of carbonyl (C=O) groups is 1. The van der Waals surface area contributed by atoms with Crippen molar-refractivity contribution in [3.8, 4) is 22.8 Å². The van der Waals surface area contributed by atoms with Gasteiger partial charge in [-0.3, -0.25) is 9.69 Å². The Balaban J connectivity index is 1.60. The average molecular weight is 470 g/mol. The summed E-state index contributed by atoms with van der Waals surface area (Å²) in [6, 6.07) is 7.87. The normalized spacial score (nSPS) is 17.5. The van der Waals surface area contributed by atoms with Gasteiger partial charge < -0.3 is 24.1 Å². The van der Waals surface area contributed by atoms with Gasteiger partial charge in [-0.15, -0.1) is 0 Å². The molecular formula is C27H39N3O4. The molecule has 7 nitrogen and oxygen atoms in total. The Bertz CT molecular complexity index is 959. The first-order valence-corrected chi connectivity index (χ1v) is 12.6. The van der Waals surface area contributed by atoms with Crippen LogP contribution in [0.1, 0.15) is 48.2 Å². The number of carbonyl (C=O) groups excluding carboxylic acids is 1. The second-order valence-electron chi connectivity index (χ2n) is 9.42. The van der Waals surface area contributed by atoms with Gasteiger partial charge in [0.2, 0.25) is 0 Å². The first-order valence-electron chi connectivity index (χ1n) is 12.6. The minimum absolute atomic E-state index is 0.0173. The van der Waals surface area contributed by atoms with Crippen LogP contribution in [0.25, 0.3) is 11.3 Å². The molecular weight excluding hydrogens is 430 g/mol. The molecule has 2 aliphatic rings. The zero-order valence-electron chi connectivity index (χ0n) is 20.9. The fraction of sp³-hybridized carbons (Fsp3) is 0.593. The van der Waals surface area contributed by atoms with E-state index in [2.05, 4.69) is 21.7 Å². The topological polar surface area (TPSA) is 65.0 Å². The van der Waals surface area contributed by atoms with E-state index in [1.165, 1.54) is 32.1 Å². The lowest BCUT2D eigenvalue weighted by Gasteiger charge is -2.26. The molecule has 1 aliphatic heterocycles. The number of aromatic nitrogens is 1. The monoisotopic (exact) mass is 469 g/mol. The quantitative estimate of drug-likeness (QED) is 0.598. The van der Waals surface area contributed by atoms with Crippen molar-refractivity contribution in [1.82, 2.24) is 14.8 Å². The van der Waals surface area contributed by atoms with E-state index in [0.717, 1.165) is 73.4 Å². The SMILES string of the molecule is COc1ccc(OC)c(-c2cc(C(=O)NCCN3CCOCC3)c(C)n2CC2CCCCC2)c1. The molecule has 1 aliphatic carbocycles. The third kappa shape index (κ3) is 5.76. The summed E-state index contributed by atoms with van der Waals surface area (Å²) in [5, 5.41) is 3.14. The van der Waals surface area contributed by atoms with Crippen LogP contribution in [0.4, 0.5) is 0 Å². The Morgan fingerprint density at radius 1 is 1.09 bits per heavy atom. The van der Waals surface area contributed by atoms with Crippen LogP contribution in [0, 0.1) is 12.8 Å². The standard InChI is InChI=1S/C27H39N3O4/c1-20-23(27(31)28-11-12-29-13-15-34-16-14-29)18-25(30(20)19-21-7-5-4-6-8-21)24-17-22(32-2)9-10-26(24)33-3/h9-10,17-18,21H,4-8,11-16,19H2,1-3H3,(H,28,31). The van der Waals surface area contributed by atoms with Crippen LogP contribution in [0.3, 0.4) is 0 Å². The number of hydrogen-bond donors (Lipinski definition) is 1. The van der Waals surface area contributed by atoms with Crippen molar-refractivity contribution >= 4 is 5.91 Å². The number of benzene rings is 1. The highest BCUT2D eigenvalue weighted by Crippen LogP contribution is 2.37. The van der Waals surface area contributed by atoms with Crippen LogP contribution in [0.2, 0.25) is 0 Å². The van der Waals surface area contributed by atoms with Gasteiger partial charge in [-0.2, -0.15) is 0 Å². The van der Waals surface area contributed by atoms with Crippen LogP contribution >= 0.6 is 0 Å². The summed E-state index contributed by atoms with van der Waals surface area (Å²) in [4.78, 5) is 15.6. The number of amides is 1. The molecule has 1 saturated heterocycles. The molecule has 2 heterocycles. The zero-order valence-corrected chi connectivity index (χ0v) is 20.9. The first kappa shape index (κ1) is 24.6. The first-order chi connectivity index (χ1) is 16.6. The number of morpholine rings is 1. The minimum Gasteiger partial charge on any atom is -0.497 e. The van der Waals surface area contributed by atoms with Crippen LogP contribution in [-0.2, 0) is 11.3 Å². The molecule has 1 amide bonds. The van der Waals surface area contributed by atoms with Crippen molar-refractivity contribution in [2.45, 2.75) is 45.6 Å². The Hall–Kier alpha value is -2.51. The lowest BCUT2D eigenvalue weighted by atomic mass is 9.89. The van der Waals surface area contributed by atoms with Gasteiger partial charge in [0.25, 0.3) is 5.91 Å². The van der Waals surface area contributed by atoms with Gasteiger partial charge in [0.15, 0.2) is 0 Å². The van der Waals surface area contributed by atoms with Gasteiger partial charge in [-0.1, -0.05) is 19.3 Å². The van der Waals surface area contributed by atoms with Crippen LogP contribution in [0.15, 0.2) is 24.3 Å².